The third-order valence-electron chi connectivity index (χ3n) is 2.94. The van der Waals surface area contributed by atoms with Crippen LogP contribution in [0.15, 0.2) is 41.6 Å². The summed E-state index contributed by atoms with van der Waals surface area (Å²) in [5, 5.41) is 3.77. The lowest BCUT2D eigenvalue weighted by atomic mass is 10.2. The van der Waals surface area contributed by atoms with Crippen molar-refractivity contribution in [3.05, 3.63) is 36.5 Å². The van der Waals surface area contributed by atoms with Crippen molar-refractivity contribution >= 4 is 23.0 Å². The van der Waals surface area contributed by atoms with E-state index in [0.29, 0.717) is 0 Å². The molecule has 2 unspecified atom stereocenters. The maximum Gasteiger partial charge on any atom is 0.444 e. The van der Waals surface area contributed by atoms with E-state index in [0.717, 1.165) is 12.1 Å². The molecule has 0 N–H and O–H groups in total. The standard InChI is InChI=1S/C13H11ClF5N2O/c1-21(7-6-8(20-21)11(15)16)9-4-2-3-5-10(9)22-13(18,19)12(14)17/h2-7,11-12H,1H3/q+1. The number of hydrogen-bond acceptors (Lipinski definition) is 2. The number of allylic oxidation sites excluding steroid dienone is 1. The summed E-state index contributed by atoms with van der Waals surface area (Å²) in [5.41, 5.74) is -3.52. The second kappa shape index (κ2) is 5.85. The molecule has 0 aromatic heterocycles. The zero-order valence-electron chi connectivity index (χ0n) is 11.2. The Morgan fingerprint density at radius 2 is 1.86 bits per heavy atom. The van der Waals surface area contributed by atoms with E-state index in [1.807, 2.05) is 0 Å². The number of quaternary nitrogens is 1. The van der Waals surface area contributed by atoms with E-state index in [9.17, 15) is 22.0 Å². The molecule has 1 aromatic rings. The van der Waals surface area contributed by atoms with Crippen molar-refractivity contribution in [2.24, 2.45) is 5.10 Å². The molecule has 3 nitrogen and oxygen atoms in total. The zero-order chi connectivity index (χ0) is 16.5. The minimum Gasteiger partial charge on any atom is -0.423 e. The SMILES string of the molecule is C[N+]1(c2ccccc2OC(F)(F)C(F)Cl)C=CC(C(F)F)=N1. The maximum atomic E-state index is 13.3. The molecule has 1 heterocycles. The van der Waals surface area contributed by atoms with Crippen LogP contribution < -0.4 is 9.33 Å². The van der Waals surface area contributed by atoms with Crippen LogP contribution in [0.2, 0.25) is 0 Å². The third kappa shape index (κ3) is 3.22. The summed E-state index contributed by atoms with van der Waals surface area (Å²) in [6, 6.07) is 5.37. The Hall–Kier alpha value is -1.67. The molecule has 1 aliphatic rings. The van der Waals surface area contributed by atoms with E-state index < -0.39 is 34.2 Å². The number of halogens is 6. The molecule has 120 valence electrons. The molecule has 0 saturated carbocycles. The fourth-order valence-electron chi connectivity index (χ4n) is 1.89. The predicted octanol–water partition coefficient (Wildman–Crippen LogP) is 4.28. The van der Waals surface area contributed by atoms with Crippen LogP contribution in [-0.4, -0.2) is 30.9 Å². The molecule has 0 amide bonds. The van der Waals surface area contributed by atoms with E-state index in [-0.39, 0.29) is 5.69 Å². The lowest BCUT2D eigenvalue weighted by Crippen LogP contribution is -2.36. The quantitative estimate of drug-likeness (QED) is 0.445. The average molecular weight is 342 g/mol. The van der Waals surface area contributed by atoms with Crippen LogP contribution in [0, 0.1) is 0 Å². The number of nitrogens with zero attached hydrogens (tertiary/aromatic N) is 2. The summed E-state index contributed by atoms with van der Waals surface area (Å²) in [7, 11) is 1.39. The molecule has 0 fully saturated rings. The molecule has 9 heteroatoms. The second-order valence-electron chi connectivity index (χ2n) is 4.60. The fraction of sp³-hybridized carbons (Fsp3) is 0.308. The van der Waals surface area contributed by atoms with Gasteiger partial charge in [-0.05, 0) is 6.07 Å². The second-order valence-corrected chi connectivity index (χ2v) is 4.98. The van der Waals surface area contributed by atoms with Gasteiger partial charge in [0, 0.05) is 12.1 Å². The molecule has 1 aliphatic heterocycles. The van der Waals surface area contributed by atoms with Crippen LogP contribution in [-0.2, 0) is 0 Å². The molecule has 22 heavy (non-hydrogen) atoms. The summed E-state index contributed by atoms with van der Waals surface area (Å²) in [6.07, 6.45) is -4.71. The Kier molecular flexibility index (Phi) is 4.44. The van der Waals surface area contributed by atoms with Crippen molar-refractivity contribution in [2.45, 2.75) is 18.2 Å². The van der Waals surface area contributed by atoms with Crippen molar-refractivity contribution in [3.8, 4) is 5.75 Å². The van der Waals surface area contributed by atoms with Gasteiger partial charge >= 0.3 is 6.11 Å². The van der Waals surface area contributed by atoms with Crippen LogP contribution in [0.25, 0.3) is 0 Å². The first-order chi connectivity index (χ1) is 10.2. The molecular weight excluding hydrogens is 331 g/mol. The molecule has 0 spiro atoms. The highest BCUT2D eigenvalue weighted by Gasteiger charge is 2.44. The van der Waals surface area contributed by atoms with Gasteiger partial charge in [-0.1, -0.05) is 28.8 Å². The van der Waals surface area contributed by atoms with Gasteiger partial charge < -0.3 is 4.74 Å². The Bertz CT molecular complexity index is 620. The average Bonchev–Trinajstić information content (AvgIpc) is 2.82. The zero-order valence-corrected chi connectivity index (χ0v) is 11.9. The van der Waals surface area contributed by atoms with Crippen molar-refractivity contribution in [3.63, 3.8) is 0 Å². The van der Waals surface area contributed by atoms with Gasteiger partial charge in [-0.15, -0.1) is 4.59 Å². The Labute approximate surface area is 127 Å². The Morgan fingerprint density at radius 1 is 1.23 bits per heavy atom. The first-order valence-corrected chi connectivity index (χ1v) is 6.47. The monoisotopic (exact) mass is 341 g/mol. The minimum atomic E-state index is -4.27. The lowest BCUT2D eigenvalue weighted by molar-refractivity contribution is -0.199. The van der Waals surface area contributed by atoms with Crippen molar-refractivity contribution in [2.75, 3.05) is 7.05 Å². The van der Waals surface area contributed by atoms with Crippen molar-refractivity contribution in [1.82, 2.24) is 4.59 Å². The number of hydrogen-bond donors (Lipinski definition) is 0. The normalized spacial score (nSPS) is 22.8. The molecule has 0 bridgehead atoms. The minimum absolute atomic E-state index is 0.0337. The summed E-state index contributed by atoms with van der Waals surface area (Å²) >= 11 is 4.74. The number of rotatable bonds is 5. The highest BCUT2D eigenvalue weighted by atomic mass is 35.5. The van der Waals surface area contributed by atoms with E-state index in [2.05, 4.69) is 9.84 Å². The molecule has 0 aliphatic carbocycles. The van der Waals surface area contributed by atoms with Gasteiger partial charge in [-0.25, -0.2) is 13.2 Å². The Balaban J connectivity index is 2.40. The first-order valence-electron chi connectivity index (χ1n) is 6.04. The van der Waals surface area contributed by atoms with Crippen LogP contribution >= 0.6 is 11.6 Å². The highest BCUT2D eigenvalue weighted by molar-refractivity contribution is 6.20. The molecule has 0 saturated heterocycles. The van der Waals surface area contributed by atoms with Gasteiger partial charge in [0.25, 0.3) is 12.1 Å². The van der Waals surface area contributed by atoms with Gasteiger partial charge in [0.2, 0.25) is 5.69 Å². The van der Waals surface area contributed by atoms with Crippen molar-refractivity contribution < 1.29 is 26.7 Å². The summed E-state index contributed by atoms with van der Waals surface area (Å²) in [6.45, 7) is 0. The summed E-state index contributed by atoms with van der Waals surface area (Å²) in [5.74, 6) is -0.415. The highest BCUT2D eigenvalue weighted by Crippen LogP contribution is 2.39. The number of alkyl halides is 6. The maximum absolute atomic E-state index is 13.3. The van der Waals surface area contributed by atoms with E-state index in [1.54, 1.807) is 0 Å². The molecular formula is C13H11ClF5N2O+. The van der Waals surface area contributed by atoms with Crippen molar-refractivity contribution in [1.29, 1.82) is 0 Å². The largest absolute Gasteiger partial charge is 0.444 e. The van der Waals surface area contributed by atoms with Crippen LogP contribution in [0.3, 0.4) is 0 Å². The molecule has 2 atom stereocenters. The lowest BCUT2D eigenvalue weighted by Gasteiger charge is -2.24. The van der Waals surface area contributed by atoms with Crippen LogP contribution in [0.1, 0.15) is 0 Å². The van der Waals surface area contributed by atoms with E-state index >= 15 is 0 Å². The van der Waals surface area contributed by atoms with Crippen LogP contribution in [0.5, 0.6) is 5.75 Å². The van der Waals surface area contributed by atoms with Gasteiger partial charge in [-0.2, -0.15) is 8.78 Å². The molecule has 0 radical (unpaired) electrons. The van der Waals surface area contributed by atoms with E-state index in [4.69, 9.17) is 11.6 Å². The Morgan fingerprint density at radius 3 is 2.41 bits per heavy atom. The van der Waals surface area contributed by atoms with Gasteiger partial charge in [0.15, 0.2) is 11.5 Å². The number of benzene rings is 1. The smallest absolute Gasteiger partial charge is 0.423 e. The van der Waals surface area contributed by atoms with Gasteiger partial charge in [0.05, 0.1) is 0 Å². The van der Waals surface area contributed by atoms with Crippen LogP contribution in [0.4, 0.5) is 27.6 Å². The molecule has 1 aromatic carbocycles. The third-order valence-corrected chi connectivity index (χ3v) is 3.19. The molecule has 2 rings (SSSR count). The van der Waals surface area contributed by atoms with Gasteiger partial charge in [0.1, 0.15) is 13.2 Å². The summed E-state index contributed by atoms with van der Waals surface area (Å²) in [4.78, 5) is 0. The number of para-hydroxylation sites is 2. The number of ether oxygens (including phenoxy) is 1. The fourth-order valence-corrected chi connectivity index (χ4v) is 1.93. The van der Waals surface area contributed by atoms with Gasteiger partial charge in [-0.3, -0.25) is 0 Å². The summed E-state index contributed by atoms with van der Waals surface area (Å²) < 4.78 is 68.4. The first kappa shape index (κ1) is 16.7. The predicted molar refractivity (Wildman–Crippen MR) is 73.1 cm³/mol. The topological polar surface area (TPSA) is 21.6 Å². The van der Waals surface area contributed by atoms with E-state index in [1.165, 1.54) is 31.4 Å².